The van der Waals surface area contributed by atoms with Crippen LogP contribution in [-0.4, -0.2) is 41.6 Å². The molecule has 2 fully saturated rings. The van der Waals surface area contributed by atoms with Gasteiger partial charge in [0.2, 0.25) is 11.7 Å². The Balaban J connectivity index is 1.78. The van der Waals surface area contributed by atoms with Gasteiger partial charge in [0, 0.05) is 25.9 Å². The normalized spacial score (nSPS) is 23.1. The quantitative estimate of drug-likeness (QED) is 0.762. The van der Waals surface area contributed by atoms with Crippen molar-refractivity contribution < 1.29 is 14.4 Å². The number of ketones is 1. The molecule has 2 rings (SSSR count). The Kier molecular flexibility index (Phi) is 5.98. The van der Waals surface area contributed by atoms with Crippen molar-refractivity contribution in [3.8, 4) is 0 Å². The van der Waals surface area contributed by atoms with Crippen LogP contribution >= 0.6 is 0 Å². The smallest absolute Gasteiger partial charge is 0.287 e. The Hall–Kier alpha value is -1.39. The van der Waals surface area contributed by atoms with E-state index in [9.17, 15) is 14.4 Å². The maximum absolute atomic E-state index is 12.1. The summed E-state index contributed by atoms with van der Waals surface area (Å²) in [5.74, 6) is -0.0348. The van der Waals surface area contributed by atoms with Gasteiger partial charge in [-0.25, -0.2) is 0 Å². The first-order valence-corrected chi connectivity index (χ1v) is 8.57. The predicted molar refractivity (Wildman–Crippen MR) is 84.2 cm³/mol. The number of hydrogen-bond donors (Lipinski definition) is 1. The zero-order chi connectivity index (χ0) is 16.1. The van der Waals surface area contributed by atoms with Crippen LogP contribution in [0.15, 0.2) is 0 Å². The van der Waals surface area contributed by atoms with Crippen LogP contribution in [0, 0.1) is 11.8 Å². The average Bonchev–Trinajstić information content (AvgIpc) is 2.79. The minimum atomic E-state index is -0.536. The van der Waals surface area contributed by atoms with Crippen LogP contribution in [-0.2, 0) is 14.4 Å². The zero-order valence-electron chi connectivity index (χ0n) is 13.8. The van der Waals surface area contributed by atoms with Gasteiger partial charge in [-0.1, -0.05) is 33.1 Å². The molecule has 0 aromatic carbocycles. The topological polar surface area (TPSA) is 66.5 Å². The first-order valence-electron chi connectivity index (χ1n) is 8.57. The number of rotatable bonds is 6. The largest absolute Gasteiger partial charge is 0.344 e. The van der Waals surface area contributed by atoms with E-state index in [2.05, 4.69) is 5.32 Å². The van der Waals surface area contributed by atoms with Crippen LogP contribution in [0.5, 0.6) is 0 Å². The molecule has 1 saturated carbocycles. The lowest BCUT2D eigenvalue weighted by molar-refractivity contribution is -0.138. The van der Waals surface area contributed by atoms with E-state index in [-0.39, 0.29) is 30.1 Å². The summed E-state index contributed by atoms with van der Waals surface area (Å²) in [6.07, 6.45) is 6.82. The second kappa shape index (κ2) is 7.75. The van der Waals surface area contributed by atoms with E-state index >= 15 is 0 Å². The molecule has 1 unspecified atom stereocenters. The first kappa shape index (κ1) is 17.0. The minimum Gasteiger partial charge on any atom is -0.344 e. The summed E-state index contributed by atoms with van der Waals surface area (Å²) in [6.45, 7) is 5.19. The Morgan fingerprint density at radius 2 is 1.91 bits per heavy atom. The molecule has 1 N–H and O–H groups in total. The zero-order valence-corrected chi connectivity index (χ0v) is 13.8. The number of carbonyl (C=O) groups is 3. The van der Waals surface area contributed by atoms with Gasteiger partial charge in [-0.05, 0) is 24.7 Å². The molecular weight excluding hydrogens is 280 g/mol. The summed E-state index contributed by atoms with van der Waals surface area (Å²) in [5, 5.41) is 2.73. The van der Waals surface area contributed by atoms with Gasteiger partial charge in [-0.2, -0.15) is 0 Å². The fourth-order valence-corrected chi connectivity index (χ4v) is 3.46. The van der Waals surface area contributed by atoms with Gasteiger partial charge in [0.1, 0.15) is 0 Å². The molecule has 1 saturated heterocycles. The molecule has 5 heteroatoms. The third-order valence-corrected chi connectivity index (χ3v) is 4.60. The second-order valence-electron chi connectivity index (χ2n) is 7.20. The van der Waals surface area contributed by atoms with Gasteiger partial charge in [0.25, 0.3) is 5.91 Å². The van der Waals surface area contributed by atoms with Crippen LogP contribution in [0.1, 0.15) is 58.8 Å². The van der Waals surface area contributed by atoms with Gasteiger partial charge in [0.05, 0.1) is 6.04 Å². The van der Waals surface area contributed by atoms with E-state index in [1.54, 1.807) is 0 Å². The maximum Gasteiger partial charge on any atom is 0.287 e. The van der Waals surface area contributed by atoms with Crippen molar-refractivity contribution >= 4 is 17.6 Å². The number of likely N-dealkylation sites (tertiary alicyclic amines) is 1. The molecule has 1 heterocycles. The summed E-state index contributed by atoms with van der Waals surface area (Å²) < 4.78 is 0. The number of carbonyl (C=O) groups excluding carboxylic acids is 3. The Morgan fingerprint density at radius 1 is 1.23 bits per heavy atom. The van der Waals surface area contributed by atoms with Crippen molar-refractivity contribution in [3.63, 3.8) is 0 Å². The van der Waals surface area contributed by atoms with Crippen LogP contribution in [0.25, 0.3) is 0 Å². The number of nitrogens with one attached hydrogen (secondary N) is 1. The molecule has 0 bridgehead atoms. The van der Waals surface area contributed by atoms with E-state index < -0.39 is 5.91 Å². The van der Waals surface area contributed by atoms with Gasteiger partial charge in [-0.3, -0.25) is 14.4 Å². The highest BCUT2D eigenvalue weighted by molar-refractivity contribution is 6.36. The molecule has 5 nitrogen and oxygen atoms in total. The highest BCUT2D eigenvalue weighted by Crippen LogP contribution is 2.26. The fourth-order valence-electron chi connectivity index (χ4n) is 3.46. The molecule has 1 aliphatic heterocycles. The molecule has 124 valence electrons. The molecule has 2 aliphatic rings. The summed E-state index contributed by atoms with van der Waals surface area (Å²) in [4.78, 5) is 37.5. The van der Waals surface area contributed by atoms with E-state index in [4.69, 9.17) is 0 Å². The monoisotopic (exact) mass is 308 g/mol. The third-order valence-electron chi connectivity index (χ3n) is 4.60. The van der Waals surface area contributed by atoms with Crippen molar-refractivity contribution in [1.29, 1.82) is 0 Å². The minimum absolute atomic E-state index is 0.104. The maximum atomic E-state index is 12.1. The Bertz CT molecular complexity index is 428. The van der Waals surface area contributed by atoms with Crippen molar-refractivity contribution in [3.05, 3.63) is 0 Å². The van der Waals surface area contributed by atoms with Gasteiger partial charge in [0.15, 0.2) is 0 Å². The Morgan fingerprint density at radius 3 is 2.55 bits per heavy atom. The molecule has 0 aromatic heterocycles. The molecule has 0 radical (unpaired) electrons. The number of amides is 2. The predicted octanol–water partition coefficient (Wildman–Crippen LogP) is 1.90. The van der Waals surface area contributed by atoms with E-state index in [1.165, 1.54) is 32.1 Å². The first-order chi connectivity index (χ1) is 10.5. The number of hydrogen-bond acceptors (Lipinski definition) is 3. The third kappa shape index (κ3) is 4.82. The van der Waals surface area contributed by atoms with Crippen LogP contribution in [0.3, 0.4) is 0 Å². The fraction of sp³-hybridized carbons (Fsp3) is 0.824. The number of Topliss-reactive ketones (excluding diaryl/α,β-unsaturated/α-hetero) is 1. The van der Waals surface area contributed by atoms with Gasteiger partial charge in [-0.15, -0.1) is 0 Å². The van der Waals surface area contributed by atoms with Gasteiger partial charge < -0.3 is 10.2 Å². The van der Waals surface area contributed by atoms with E-state index in [1.807, 2.05) is 18.7 Å². The molecule has 2 amide bonds. The summed E-state index contributed by atoms with van der Waals surface area (Å²) in [5.41, 5.74) is 0. The van der Waals surface area contributed by atoms with Crippen LogP contribution < -0.4 is 5.32 Å². The molecule has 1 aliphatic carbocycles. The summed E-state index contributed by atoms with van der Waals surface area (Å²) >= 11 is 0. The highest BCUT2D eigenvalue weighted by atomic mass is 16.2. The van der Waals surface area contributed by atoms with E-state index in [0.717, 1.165) is 6.54 Å². The molecule has 22 heavy (non-hydrogen) atoms. The molecule has 0 aromatic rings. The number of nitrogens with zero attached hydrogens (tertiary/aromatic N) is 1. The van der Waals surface area contributed by atoms with Crippen molar-refractivity contribution in [2.24, 2.45) is 11.8 Å². The summed E-state index contributed by atoms with van der Waals surface area (Å²) in [7, 11) is 0. The lowest BCUT2D eigenvalue weighted by Crippen LogP contribution is -2.41. The van der Waals surface area contributed by atoms with Crippen molar-refractivity contribution in [2.45, 2.75) is 64.8 Å². The average molecular weight is 308 g/mol. The molecule has 1 atom stereocenters. The standard InChI is InChI=1S/C17H28N2O3/c1-12(2)8-15(20)17(22)18-14-9-16(21)19(11-14)10-13-6-4-3-5-7-13/h12-14H,3-11H2,1-2H3,(H,18,22). The van der Waals surface area contributed by atoms with Crippen molar-refractivity contribution in [2.75, 3.05) is 13.1 Å². The van der Waals surface area contributed by atoms with E-state index in [0.29, 0.717) is 18.9 Å². The second-order valence-corrected chi connectivity index (χ2v) is 7.20. The van der Waals surface area contributed by atoms with Crippen LogP contribution in [0.2, 0.25) is 0 Å². The lowest BCUT2D eigenvalue weighted by Gasteiger charge is -2.27. The van der Waals surface area contributed by atoms with Crippen LogP contribution in [0.4, 0.5) is 0 Å². The Labute approximate surface area is 132 Å². The highest BCUT2D eigenvalue weighted by Gasteiger charge is 2.33. The SMILES string of the molecule is CC(C)CC(=O)C(=O)NC1CC(=O)N(CC2CCCCC2)C1. The summed E-state index contributed by atoms with van der Waals surface area (Å²) in [6, 6.07) is -0.209. The van der Waals surface area contributed by atoms with Gasteiger partial charge >= 0.3 is 0 Å². The molecule has 0 spiro atoms. The molecular formula is C17H28N2O3. The van der Waals surface area contributed by atoms with Crippen molar-refractivity contribution in [1.82, 2.24) is 10.2 Å². The lowest BCUT2D eigenvalue weighted by atomic mass is 9.89.